The van der Waals surface area contributed by atoms with Crippen molar-refractivity contribution in [2.75, 3.05) is 12.0 Å². The van der Waals surface area contributed by atoms with E-state index in [0.717, 1.165) is 12.7 Å². The summed E-state index contributed by atoms with van der Waals surface area (Å²) in [4.78, 5) is 12.3. The van der Waals surface area contributed by atoms with Gasteiger partial charge in [-0.1, -0.05) is 45.0 Å². The van der Waals surface area contributed by atoms with Gasteiger partial charge in [0.05, 0.1) is 11.8 Å². The second kappa shape index (κ2) is 6.41. The van der Waals surface area contributed by atoms with E-state index in [1.165, 1.54) is 11.1 Å². The molecule has 3 atom stereocenters. The second-order valence-corrected chi connectivity index (χ2v) is 8.95. The van der Waals surface area contributed by atoms with Crippen LogP contribution >= 0.6 is 0 Å². The molecule has 0 bridgehead atoms. The van der Waals surface area contributed by atoms with E-state index in [2.05, 4.69) is 31.3 Å². The molecule has 5 heteroatoms. The molecule has 0 aliphatic heterocycles. The zero-order valence-electron chi connectivity index (χ0n) is 13.7. The van der Waals surface area contributed by atoms with Crippen LogP contribution in [0.4, 0.5) is 0 Å². The molecule has 0 spiro atoms. The lowest BCUT2D eigenvalue weighted by Gasteiger charge is -2.18. The molecule has 0 fully saturated rings. The predicted octanol–water partition coefficient (Wildman–Crippen LogP) is 2.67. The third-order valence-corrected chi connectivity index (χ3v) is 5.49. The normalized spacial score (nSPS) is 22.4. The predicted molar refractivity (Wildman–Crippen MR) is 88.4 cm³/mol. The van der Waals surface area contributed by atoms with Crippen LogP contribution in [0.15, 0.2) is 24.3 Å². The number of hydrogen-bond acceptors (Lipinski definition) is 3. The average molecular weight is 323 g/mol. The van der Waals surface area contributed by atoms with Crippen molar-refractivity contribution in [3.8, 4) is 0 Å². The highest BCUT2D eigenvalue weighted by Crippen LogP contribution is 2.44. The van der Waals surface area contributed by atoms with Crippen molar-refractivity contribution in [3.05, 3.63) is 35.4 Å². The zero-order valence-corrected chi connectivity index (χ0v) is 14.5. The van der Waals surface area contributed by atoms with Gasteiger partial charge in [0.2, 0.25) is 5.91 Å². The topological polar surface area (TPSA) is 63.2 Å². The first-order valence-electron chi connectivity index (χ1n) is 7.76. The van der Waals surface area contributed by atoms with Gasteiger partial charge < -0.3 is 5.32 Å². The minimum Gasteiger partial charge on any atom is -0.349 e. The van der Waals surface area contributed by atoms with Crippen LogP contribution in [0.1, 0.15) is 50.3 Å². The van der Waals surface area contributed by atoms with Crippen molar-refractivity contribution in [2.24, 2.45) is 11.8 Å². The Morgan fingerprint density at radius 1 is 1.23 bits per heavy atom. The fraction of sp³-hybridized carbons (Fsp3) is 0.588. The molecular formula is C17H25NO3S. The Bertz CT molecular complexity index is 652. The summed E-state index contributed by atoms with van der Waals surface area (Å²) in [5.74, 6) is 0.124. The van der Waals surface area contributed by atoms with Gasteiger partial charge in [-0.25, -0.2) is 8.42 Å². The Hall–Kier alpha value is -1.36. The lowest BCUT2D eigenvalue weighted by atomic mass is 9.90. The van der Waals surface area contributed by atoms with Crippen molar-refractivity contribution in [2.45, 2.75) is 39.2 Å². The molecule has 2 rings (SSSR count). The number of sulfone groups is 1. The van der Waals surface area contributed by atoms with Crippen molar-refractivity contribution in [1.82, 2.24) is 5.32 Å². The maximum atomic E-state index is 12.3. The summed E-state index contributed by atoms with van der Waals surface area (Å²) in [6, 6.07) is 8.19. The molecule has 1 aliphatic rings. The molecule has 122 valence electrons. The monoisotopic (exact) mass is 323 g/mol. The largest absolute Gasteiger partial charge is 0.349 e. The Morgan fingerprint density at radius 3 is 2.36 bits per heavy atom. The van der Waals surface area contributed by atoms with E-state index in [4.69, 9.17) is 0 Å². The molecule has 4 nitrogen and oxygen atoms in total. The quantitative estimate of drug-likeness (QED) is 0.906. The van der Waals surface area contributed by atoms with Crippen LogP contribution in [0.25, 0.3) is 0 Å². The Kier molecular flexibility index (Phi) is 4.95. The summed E-state index contributed by atoms with van der Waals surface area (Å²) in [6.07, 6.45) is 2.05. The van der Waals surface area contributed by atoms with E-state index in [0.29, 0.717) is 11.8 Å². The van der Waals surface area contributed by atoms with Gasteiger partial charge in [0.25, 0.3) is 0 Å². The highest BCUT2D eigenvalue weighted by molar-refractivity contribution is 7.90. The van der Waals surface area contributed by atoms with E-state index >= 15 is 0 Å². The van der Waals surface area contributed by atoms with E-state index in [-0.39, 0.29) is 17.7 Å². The number of nitrogens with one attached hydrogen (secondary N) is 1. The minimum absolute atomic E-state index is 0.0156. The summed E-state index contributed by atoms with van der Waals surface area (Å²) in [5, 5.41) is 3.04. The van der Waals surface area contributed by atoms with Gasteiger partial charge in [0.1, 0.15) is 9.84 Å². The molecule has 1 N–H and O–H groups in total. The summed E-state index contributed by atoms with van der Waals surface area (Å²) in [5.41, 5.74) is 2.47. The smallest absolute Gasteiger partial charge is 0.224 e. The number of rotatable bonds is 5. The van der Waals surface area contributed by atoms with Crippen molar-refractivity contribution in [1.29, 1.82) is 0 Å². The second-order valence-electron chi connectivity index (χ2n) is 6.77. The summed E-state index contributed by atoms with van der Waals surface area (Å²) < 4.78 is 22.7. The van der Waals surface area contributed by atoms with Gasteiger partial charge >= 0.3 is 0 Å². The number of amides is 1. The molecule has 0 unspecified atom stereocenters. The van der Waals surface area contributed by atoms with Gasteiger partial charge in [-0.3, -0.25) is 4.79 Å². The van der Waals surface area contributed by atoms with Crippen LogP contribution < -0.4 is 5.32 Å². The third kappa shape index (κ3) is 3.88. The van der Waals surface area contributed by atoms with E-state index < -0.39 is 15.8 Å². The highest BCUT2D eigenvalue weighted by atomic mass is 32.2. The number of fused-ring (bicyclic) bond motifs is 1. The van der Waals surface area contributed by atoms with Crippen LogP contribution in [0, 0.1) is 11.8 Å². The number of carbonyl (C=O) groups excluding carboxylic acids is 1. The summed E-state index contributed by atoms with van der Waals surface area (Å²) in [6.45, 7) is 6.05. The summed E-state index contributed by atoms with van der Waals surface area (Å²) >= 11 is 0. The molecule has 1 aromatic carbocycles. The standard InChI is InChI=1S/C17H25NO3S/c1-11(2)15-9-16(14-8-6-5-7-13(14)15)18-17(19)12(3)10-22(4,20)21/h5-8,11-12,15-16H,9-10H2,1-4H3,(H,18,19)/t12-,15+,16+/m0/s1. The van der Waals surface area contributed by atoms with Gasteiger partial charge in [0.15, 0.2) is 0 Å². The molecule has 22 heavy (non-hydrogen) atoms. The fourth-order valence-electron chi connectivity index (χ4n) is 3.29. The number of carbonyl (C=O) groups is 1. The van der Waals surface area contributed by atoms with Crippen LogP contribution in [0.2, 0.25) is 0 Å². The molecule has 1 aliphatic carbocycles. The van der Waals surface area contributed by atoms with Gasteiger partial charge in [0, 0.05) is 12.2 Å². The number of hydrogen-bond donors (Lipinski definition) is 1. The third-order valence-electron chi connectivity index (χ3n) is 4.38. The van der Waals surface area contributed by atoms with Gasteiger partial charge in [-0.2, -0.15) is 0 Å². The Balaban J connectivity index is 2.13. The SMILES string of the molecule is CC(C)[C@H]1C[C@@H](NC(=O)[C@@H](C)CS(C)(=O)=O)c2ccccc21. The molecule has 0 radical (unpaired) electrons. The summed E-state index contributed by atoms with van der Waals surface area (Å²) in [7, 11) is -3.15. The van der Waals surface area contributed by atoms with Crippen molar-refractivity contribution >= 4 is 15.7 Å². The molecule has 1 aromatic rings. The van der Waals surface area contributed by atoms with Gasteiger partial charge in [-0.15, -0.1) is 0 Å². The Morgan fingerprint density at radius 2 is 1.82 bits per heavy atom. The first kappa shape index (κ1) is 17.0. The maximum absolute atomic E-state index is 12.3. The van der Waals surface area contributed by atoms with E-state index in [1.807, 2.05) is 12.1 Å². The average Bonchev–Trinajstić information content (AvgIpc) is 2.76. The molecule has 1 amide bonds. The minimum atomic E-state index is -3.15. The van der Waals surface area contributed by atoms with E-state index in [1.54, 1.807) is 6.92 Å². The molecule has 0 aromatic heterocycles. The van der Waals surface area contributed by atoms with Crippen LogP contribution in [-0.2, 0) is 14.6 Å². The highest BCUT2D eigenvalue weighted by Gasteiger charge is 2.34. The molecule has 0 heterocycles. The van der Waals surface area contributed by atoms with E-state index in [9.17, 15) is 13.2 Å². The first-order chi connectivity index (χ1) is 10.2. The molecular weight excluding hydrogens is 298 g/mol. The molecule has 0 saturated heterocycles. The first-order valence-corrected chi connectivity index (χ1v) is 9.82. The number of benzene rings is 1. The fourth-order valence-corrected chi connectivity index (χ4v) is 4.35. The zero-order chi connectivity index (χ0) is 16.5. The Labute approximate surface area is 133 Å². The maximum Gasteiger partial charge on any atom is 0.224 e. The van der Waals surface area contributed by atoms with Crippen LogP contribution in [-0.4, -0.2) is 26.3 Å². The van der Waals surface area contributed by atoms with Crippen molar-refractivity contribution in [3.63, 3.8) is 0 Å². The van der Waals surface area contributed by atoms with Crippen LogP contribution in [0.5, 0.6) is 0 Å². The van der Waals surface area contributed by atoms with Gasteiger partial charge in [-0.05, 0) is 29.4 Å². The van der Waals surface area contributed by atoms with Crippen LogP contribution in [0.3, 0.4) is 0 Å². The lowest BCUT2D eigenvalue weighted by Crippen LogP contribution is -2.35. The van der Waals surface area contributed by atoms with Crippen molar-refractivity contribution < 1.29 is 13.2 Å². The molecule has 0 saturated carbocycles. The lowest BCUT2D eigenvalue weighted by molar-refractivity contribution is -0.124.